The summed E-state index contributed by atoms with van der Waals surface area (Å²) in [5.41, 5.74) is 5.00. The van der Waals surface area contributed by atoms with Gasteiger partial charge in [-0.05, 0) is 86.5 Å². The number of nitrogens with one attached hydrogen (secondary N) is 1. The molecule has 0 unspecified atom stereocenters. The molecule has 0 aromatic rings. The molecule has 0 fully saturated rings. The van der Waals surface area contributed by atoms with Gasteiger partial charge >= 0.3 is 0 Å². The van der Waals surface area contributed by atoms with Gasteiger partial charge in [0.2, 0.25) is 5.91 Å². The second-order valence-electron chi connectivity index (χ2n) is 7.75. The van der Waals surface area contributed by atoms with Crippen molar-refractivity contribution in [2.24, 2.45) is 0 Å². The van der Waals surface area contributed by atoms with Crippen molar-refractivity contribution in [1.82, 2.24) is 5.32 Å². The van der Waals surface area contributed by atoms with Crippen molar-refractivity contribution in [3.8, 4) is 0 Å². The molecule has 0 spiro atoms. The molecule has 0 atom stereocenters. The summed E-state index contributed by atoms with van der Waals surface area (Å²) in [7, 11) is 0. The van der Waals surface area contributed by atoms with E-state index in [0.717, 1.165) is 50.5 Å². The fraction of sp³-hybridized carbons (Fsp3) is 0.600. The molecule has 0 aliphatic heterocycles. The summed E-state index contributed by atoms with van der Waals surface area (Å²) in [6.07, 6.45) is 16.6. The van der Waals surface area contributed by atoms with E-state index in [0.29, 0.717) is 13.0 Å². The van der Waals surface area contributed by atoms with E-state index in [1.807, 2.05) is 19.9 Å². The SMILES string of the molecule is CCNC(=O)C(C)=CCCC(C)=CCCC(C)=CCCC(C)=CCCC(C)=O. The maximum absolute atomic E-state index is 11.7. The molecule has 28 heavy (non-hydrogen) atoms. The average Bonchev–Trinajstić information content (AvgIpc) is 2.61. The number of ketones is 1. The molecular formula is C25H41NO2. The lowest BCUT2D eigenvalue weighted by Gasteiger charge is -2.04. The van der Waals surface area contributed by atoms with Crippen molar-refractivity contribution in [2.45, 2.75) is 92.9 Å². The van der Waals surface area contributed by atoms with Crippen molar-refractivity contribution >= 4 is 11.7 Å². The molecule has 0 heterocycles. The van der Waals surface area contributed by atoms with Crippen LogP contribution in [-0.4, -0.2) is 18.2 Å². The Morgan fingerprint density at radius 2 is 1.04 bits per heavy atom. The highest BCUT2D eigenvalue weighted by atomic mass is 16.1. The highest BCUT2D eigenvalue weighted by molar-refractivity contribution is 5.92. The summed E-state index contributed by atoms with van der Waals surface area (Å²) in [4.78, 5) is 22.6. The van der Waals surface area contributed by atoms with Crippen molar-refractivity contribution in [3.63, 3.8) is 0 Å². The minimum atomic E-state index is 0.0360. The predicted molar refractivity (Wildman–Crippen MR) is 121 cm³/mol. The van der Waals surface area contributed by atoms with Gasteiger partial charge in [-0.2, -0.15) is 0 Å². The summed E-state index contributed by atoms with van der Waals surface area (Å²) in [6.45, 7) is 12.7. The van der Waals surface area contributed by atoms with Gasteiger partial charge < -0.3 is 10.1 Å². The van der Waals surface area contributed by atoms with Gasteiger partial charge in [0.05, 0.1) is 0 Å². The molecule has 0 aromatic heterocycles. The molecule has 1 amide bonds. The Bertz CT molecular complexity index is 606. The van der Waals surface area contributed by atoms with Gasteiger partial charge in [-0.25, -0.2) is 0 Å². The second-order valence-corrected chi connectivity index (χ2v) is 7.75. The zero-order valence-electron chi connectivity index (χ0n) is 19.0. The molecule has 0 saturated heterocycles. The Kier molecular flexibility index (Phi) is 15.0. The van der Waals surface area contributed by atoms with E-state index < -0.39 is 0 Å². The zero-order chi connectivity index (χ0) is 21.4. The first-order chi connectivity index (χ1) is 13.3. The summed E-state index contributed by atoms with van der Waals surface area (Å²) >= 11 is 0. The number of hydrogen-bond acceptors (Lipinski definition) is 2. The minimum Gasteiger partial charge on any atom is -0.353 e. The smallest absolute Gasteiger partial charge is 0.246 e. The second kappa shape index (κ2) is 16.1. The number of carbonyl (C=O) groups excluding carboxylic acids is 2. The molecule has 0 aliphatic carbocycles. The normalized spacial score (nSPS) is 13.6. The highest BCUT2D eigenvalue weighted by Crippen LogP contribution is 2.14. The molecule has 0 saturated carbocycles. The Morgan fingerprint density at radius 3 is 1.43 bits per heavy atom. The predicted octanol–water partition coefficient (Wildman–Crippen LogP) is 6.62. The summed E-state index contributed by atoms with van der Waals surface area (Å²) < 4.78 is 0. The molecule has 0 rings (SSSR count). The van der Waals surface area contributed by atoms with Gasteiger partial charge in [0.1, 0.15) is 5.78 Å². The van der Waals surface area contributed by atoms with Crippen LogP contribution in [0.2, 0.25) is 0 Å². The number of amides is 1. The number of carbonyl (C=O) groups is 2. The highest BCUT2D eigenvalue weighted by Gasteiger charge is 2.00. The van der Waals surface area contributed by atoms with Crippen LogP contribution in [0.15, 0.2) is 46.6 Å². The monoisotopic (exact) mass is 387 g/mol. The van der Waals surface area contributed by atoms with Crippen LogP contribution in [0.5, 0.6) is 0 Å². The lowest BCUT2D eigenvalue weighted by molar-refractivity contribution is -0.118. The number of allylic oxidation sites excluding steroid dienone is 7. The van der Waals surface area contributed by atoms with Crippen LogP contribution in [0.1, 0.15) is 92.9 Å². The van der Waals surface area contributed by atoms with Crippen molar-refractivity contribution in [2.75, 3.05) is 6.54 Å². The standard InChI is InChI=1S/C25H41NO2/c1-7-26-25(28)23(5)18-10-16-21(3)14-8-12-20(2)13-9-15-22(4)17-11-19-24(6)27/h13-14,17-18H,7-12,15-16,19H2,1-6H3,(H,26,28). The van der Waals surface area contributed by atoms with Crippen LogP contribution in [0, 0.1) is 0 Å². The van der Waals surface area contributed by atoms with Gasteiger partial charge in [0.15, 0.2) is 0 Å². The van der Waals surface area contributed by atoms with Crippen LogP contribution >= 0.6 is 0 Å². The third-order valence-corrected chi connectivity index (χ3v) is 4.74. The largest absolute Gasteiger partial charge is 0.353 e. The molecule has 3 heteroatoms. The van der Waals surface area contributed by atoms with Crippen molar-refractivity contribution in [3.05, 3.63) is 46.6 Å². The Morgan fingerprint density at radius 1 is 0.643 bits per heavy atom. The van der Waals surface area contributed by atoms with E-state index in [1.54, 1.807) is 6.92 Å². The first-order valence-electron chi connectivity index (χ1n) is 10.7. The van der Waals surface area contributed by atoms with Gasteiger partial charge in [0, 0.05) is 18.5 Å². The maximum Gasteiger partial charge on any atom is 0.246 e. The third-order valence-electron chi connectivity index (χ3n) is 4.74. The zero-order valence-corrected chi connectivity index (χ0v) is 19.0. The van der Waals surface area contributed by atoms with E-state index in [4.69, 9.17) is 0 Å². The molecule has 1 N–H and O–H groups in total. The molecule has 3 nitrogen and oxygen atoms in total. The van der Waals surface area contributed by atoms with Gasteiger partial charge in [-0.1, -0.05) is 41.0 Å². The average molecular weight is 388 g/mol. The first kappa shape index (κ1) is 26.1. The maximum atomic E-state index is 11.7. The van der Waals surface area contributed by atoms with Crippen LogP contribution in [-0.2, 0) is 9.59 Å². The van der Waals surface area contributed by atoms with Crippen LogP contribution in [0.3, 0.4) is 0 Å². The Balaban J connectivity index is 4.11. The lowest BCUT2D eigenvalue weighted by Crippen LogP contribution is -2.23. The number of likely N-dealkylation sites (N-methyl/N-ethyl adjacent to an activating group) is 1. The van der Waals surface area contributed by atoms with Crippen LogP contribution in [0.25, 0.3) is 0 Å². The number of rotatable bonds is 14. The Hall–Kier alpha value is -1.90. The third kappa shape index (κ3) is 15.2. The minimum absolute atomic E-state index is 0.0360. The summed E-state index contributed by atoms with van der Waals surface area (Å²) in [5.74, 6) is 0.296. The molecule has 0 bridgehead atoms. The van der Waals surface area contributed by atoms with E-state index in [1.165, 1.54) is 16.7 Å². The van der Waals surface area contributed by atoms with Crippen molar-refractivity contribution < 1.29 is 9.59 Å². The number of hydrogen-bond donors (Lipinski definition) is 1. The van der Waals surface area contributed by atoms with E-state index in [-0.39, 0.29) is 11.7 Å². The van der Waals surface area contributed by atoms with E-state index >= 15 is 0 Å². The topological polar surface area (TPSA) is 46.2 Å². The Labute approximate surface area is 173 Å². The van der Waals surface area contributed by atoms with Gasteiger partial charge in [-0.3, -0.25) is 4.79 Å². The summed E-state index contributed by atoms with van der Waals surface area (Å²) in [6, 6.07) is 0. The van der Waals surface area contributed by atoms with E-state index in [9.17, 15) is 9.59 Å². The molecule has 0 aromatic carbocycles. The molecule has 0 aliphatic rings. The van der Waals surface area contributed by atoms with Crippen LogP contribution in [0.4, 0.5) is 0 Å². The first-order valence-corrected chi connectivity index (χ1v) is 10.7. The van der Waals surface area contributed by atoms with Crippen LogP contribution < -0.4 is 5.32 Å². The fourth-order valence-electron chi connectivity index (χ4n) is 2.83. The fourth-order valence-corrected chi connectivity index (χ4v) is 2.83. The van der Waals surface area contributed by atoms with E-state index in [2.05, 4.69) is 44.3 Å². The quantitative estimate of drug-likeness (QED) is 0.269. The van der Waals surface area contributed by atoms with Gasteiger partial charge in [0.25, 0.3) is 0 Å². The lowest BCUT2D eigenvalue weighted by atomic mass is 10.0. The van der Waals surface area contributed by atoms with Crippen molar-refractivity contribution in [1.29, 1.82) is 0 Å². The number of Topliss-reactive ketones (excluding diaryl/α,β-unsaturated/α-hetero) is 1. The molecular weight excluding hydrogens is 346 g/mol. The molecule has 158 valence electrons. The molecule has 0 radical (unpaired) electrons. The van der Waals surface area contributed by atoms with Gasteiger partial charge in [-0.15, -0.1) is 0 Å². The summed E-state index contributed by atoms with van der Waals surface area (Å²) in [5, 5.41) is 2.82.